The van der Waals surface area contributed by atoms with Crippen LogP contribution in [0.1, 0.15) is 12.0 Å². The quantitative estimate of drug-likeness (QED) is 0.384. The summed E-state index contributed by atoms with van der Waals surface area (Å²) in [6, 6.07) is 14.2. The summed E-state index contributed by atoms with van der Waals surface area (Å²) in [6.07, 6.45) is 2.02. The number of fused-ring (bicyclic) bond motifs is 1. The average molecular weight is 381 g/mol. The Balaban J connectivity index is 1.48. The normalized spacial score (nSPS) is 10.6. The maximum absolute atomic E-state index is 11.9. The van der Waals surface area contributed by atoms with Crippen molar-refractivity contribution in [3.8, 4) is 0 Å². The molecular formula is C20H19N3O5. The van der Waals surface area contributed by atoms with Crippen LogP contribution in [-0.2, 0) is 20.9 Å². The second-order valence-corrected chi connectivity index (χ2v) is 6.29. The van der Waals surface area contributed by atoms with Gasteiger partial charge in [0.1, 0.15) is 0 Å². The van der Waals surface area contributed by atoms with E-state index in [9.17, 15) is 19.7 Å². The van der Waals surface area contributed by atoms with Gasteiger partial charge in [0, 0.05) is 35.6 Å². The lowest BCUT2D eigenvalue weighted by molar-refractivity contribution is -0.385. The van der Waals surface area contributed by atoms with Crippen LogP contribution in [0, 0.1) is 17.0 Å². The average Bonchev–Trinajstić information content (AvgIpc) is 3.09. The lowest BCUT2D eigenvalue weighted by atomic mass is 10.2. The van der Waals surface area contributed by atoms with Crippen molar-refractivity contribution in [2.45, 2.75) is 19.9 Å². The number of aromatic nitrogens is 1. The van der Waals surface area contributed by atoms with E-state index in [1.54, 1.807) is 19.1 Å². The van der Waals surface area contributed by atoms with Crippen LogP contribution in [0.25, 0.3) is 10.9 Å². The second kappa shape index (κ2) is 8.34. The molecule has 0 aliphatic heterocycles. The number of benzene rings is 2. The number of hydrogen-bond acceptors (Lipinski definition) is 5. The molecule has 1 amide bonds. The van der Waals surface area contributed by atoms with Crippen molar-refractivity contribution in [1.29, 1.82) is 0 Å². The monoisotopic (exact) mass is 381 g/mol. The highest BCUT2D eigenvalue weighted by Crippen LogP contribution is 2.22. The molecule has 28 heavy (non-hydrogen) atoms. The van der Waals surface area contributed by atoms with Gasteiger partial charge in [0.2, 0.25) is 0 Å². The standard InChI is InChI=1S/C20H19N3O5/c1-14-6-7-16(12-18(14)23(26)27)21-19(24)13-28-20(25)9-11-22-10-8-15-4-2-3-5-17(15)22/h2-8,10,12H,9,11,13H2,1H3,(H,21,24). The summed E-state index contributed by atoms with van der Waals surface area (Å²) in [6.45, 7) is 1.60. The number of para-hydroxylation sites is 1. The molecule has 8 heteroatoms. The van der Waals surface area contributed by atoms with Crippen molar-refractivity contribution in [3.05, 3.63) is 70.4 Å². The molecule has 144 valence electrons. The van der Waals surface area contributed by atoms with E-state index in [-0.39, 0.29) is 17.8 Å². The van der Waals surface area contributed by atoms with Crippen LogP contribution < -0.4 is 5.32 Å². The minimum Gasteiger partial charge on any atom is -0.456 e. The molecule has 3 aromatic rings. The van der Waals surface area contributed by atoms with Crippen LogP contribution in [0.3, 0.4) is 0 Å². The van der Waals surface area contributed by atoms with Gasteiger partial charge in [-0.15, -0.1) is 0 Å². The summed E-state index contributed by atoms with van der Waals surface area (Å²) in [5.41, 5.74) is 1.70. The van der Waals surface area contributed by atoms with Gasteiger partial charge in [-0.25, -0.2) is 0 Å². The van der Waals surface area contributed by atoms with E-state index in [4.69, 9.17) is 4.74 Å². The van der Waals surface area contributed by atoms with E-state index in [2.05, 4.69) is 5.32 Å². The first kappa shape index (κ1) is 19.1. The number of ether oxygens (including phenoxy) is 1. The third kappa shape index (κ3) is 4.53. The van der Waals surface area contributed by atoms with E-state index in [1.165, 1.54) is 6.07 Å². The molecule has 1 heterocycles. The summed E-state index contributed by atoms with van der Waals surface area (Å²) in [4.78, 5) is 34.3. The highest BCUT2D eigenvalue weighted by molar-refractivity contribution is 5.93. The minimum atomic E-state index is -0.557. The van der Waals surface area contributed by atoms with Crippen LogP contribution in [0.15, 0.2) is 54.7 Å². The molecule has 8 nitrogen and oxygen atoms in total. The van der Waals surface area contributed by atoms with Crippen molar-refractivity contribution >= 4 is 34.2 Å². The Hall–Kier alpha value is -3.68. The van der Waals surface area contributed by atoms with E-state index in [0.29, 0.717) is 12.1 Å². The predicted octanol–water partition coefficient (Wildman–Crippen LogP) is 3.43. The first-order valence-electron chi connectivity index (χ1n) is 8.68. The molecule has 3 rings (SSSR count). The Labute approximate surface area is 160 Å². The fourth-order valence-corrected chi connectivity index (χ4v) is 2.85. The lowest BCUT2D eigenvalue weighted by Crippen LogP contribution is -2.21. The highest BCUT2D eigenvalue weighted by atomic mass is 16.6. The van der Waals surface area contributed by atoms with E-state index >= 15 is 0 Å². The summed E-state index contributed by atoms with van der Waals surface area (Å²) in [5, 5.41) is 14.5. The number of carbonyl (C=O) groups excluding carboxylic acids is 2. The summed E-state index contributed by atoms with van der Waals surface area (Å²) < 4.78 is 6.94. The van der Waals surface area contributed by atoms with Gasteiger partial charge in [0.05, 0.1) is 11.3 Å². The molecule has 1 N–H and O–H groups in total. The summed E-state index contributed by atoms with van der Waals surface area (Å²) >= 11 is 0. The largest absolute Gasteiger partial charge is 0.456 e. The molecule has 1 aromatic heterocycles. The Morgan fingerprint density at radius 1 is 1.18 bits per heavy atom. The van der Waals surface area contributed by atoms with E-state index in [1.807, 2.05) is 41.1 Å². The molecule has 0 aliphatic rings. The molecule has 0 atom stereocenters. The molecule has 0 saturated heterocycles. The van der Waals surface area contributed by atoms with Crippen LogP contribution in [0.4, 0.5) is 11.4 Å². The highest BCUT2D eigenvalue weighted by Gasteiger charge is 2.13. The third-order valence-electron chi connectivity index (χ3n) is 4.29. The van der Waals surface area contributed by atoms with E-state index < -0.39 is 23.4 Å². The van der Waals surface area contributed by atoms with Crippen molar-refractivity contribution in [2.24, 2.45) is 0 Å². The number of anilines is 1. The SMILES string of the molecule is Cc1ccc(NC(=O)COC(=O)CCn2ccc3ccccc32)cc1[N+](=O)[O-]. The number of hydrogen-bond donors (Lipinski definition) is 1. The zero-order valence-electron chi connectivity index (χ0n) is 15.3. The number of nitro benzene ring substituents is 1. The number of rotatable bonds is 7. The molecule has 2 aromatic carbocycles. The molecule has 0 radical (unpaired) electrons. The fraction of sp³-hybridized carbons (Fsp3) is 0.200. The number of aryl methyl sites for hydroxylation is 2. The number of esters is 1. The Kier molecular flexibility index (Phi) is 5.69. The zero-order valence-corrected chi connectivity index (χ0v) is 15.3. The topological polar surface area (TPSA) is 103 Å². The van der Waals surface area contributed by atoms with Crippen LogP contribution in [-0.4, -0.2) is 28.0 Å². The third-order valence-corrected chi connectivity index (χ3v) is 4.29. The zero-order chi connectivity index (χ0) is 20.1. The Bertz CT molecular complexity index is 1040. The lowest BCUT2D eigenvalue weighted by Gasteiger charge is -2.08. The van der Waals surface area contributed by atoms with Gasteiger partial charge < -0.3 is 14.6 Å². The molecule has 0 unspecified atom stereocenters. The Morgan fingerprint density at radius 2 is 1.96 bits per heavy atom. The van der Waals surface area contributed by atoms with Gasteiger partial charge in [0.25, 0.3) is 11.6 Å². The maximum atomic E-state index is 11.9. The predicted molar refractivity (Wildman–Crippen MR) is 104 cm³/mol. The minimum absolute atomic E-state index is 0.0891. The summed E-state index contributed by atoms with van der Waals surface area (Å²) in [7, 11) is 0. The molecule has 0 fully saturated rings. The second-order valence-electron chi connectivity index (χ2n) is 6.29. The number of amides is 1. The number of nitrogens with one attached hydrogen (secondary N) is 1. The molecule has 0 saturated carbocycles. The first-order valence-corrected chi connectivity index (χ1v) is 8.68. The van der Waals surface area contributed by atoms with Crippen LogP contribution in [0.5, 0.6) is 0 Å². The fourth-order valence-electron chi connectivity index (χ4n) is 2.85. The molecule has 0 bridgehead atoms. The number of carbonyl (C=O) groups is 2. The van der Waals surface area contributed by atoms with Crippen molar-refractivity contribution in [1.82, 2.24) is 4.57 Å². The van der Waals surface area contributed by atoms with Gasteiger partial charge in [-0.05, 0) is 30.5 Å². The van der Waals surface area contributed by atoms with Gasteiger partial charge in [0.15, 0.2) is 6.61 Å². The van der Waals surface area contributed by atoms with E-state index in [0.717, 1.165) is 10.9 Å². The summed E-state index contributed by atoms with van der Waals surface area (Å²) in [5.74, 6) is -1.05. The van der Waals surface area contributed by atoms with Gasteiger partial charge in [-0.1, -0.05) is 24.3 Å². The van der Waals surface area contributed by atoms with Gasteiger partial charge in [-0.2, -0.15) is 0 Å². The molecule has 0 spiro atoms. The van der Waals surface area contributed by atoms with Gasteiger partial charge in [-0.3, -0.25) is 19.7 Å². The smallest absolute Gasteiger partial charge is 0.308 e. The first-order chi connectivity index (χ1) is 13.4. The van der Waals surface area contributed by atoms with Crippen molar-refractivity contribution in [2.75, 3.05) is 11.9 Å². The van der Waals surface area contributed by atoms with Crippen molar-refractivity contribution in [3.63, 3.8) is 0 Å². The van der Waals surface area contributed by atoms with Gasteiger partial charge >= 0.3 is 5.97 Å². The molecule has 0 aliphatic carbocycles. The number of nitrogens with zero attached hydrogens (tertiary/aromatic N) is 2. The number of nitro groups is 1. The van der Waals surface area contributed by atoms with Crippen LogP contribution >= 0.6 is 0 Å². The van der Waals surface area contributed by atoms with Crippen molar-refractivity contribution < 1.29 is 19.2 Å². The Morgan fingerprint density at radius 3 is 2.75 bits per heavy atom. The maximum Gasteiger partial charge on any atom is 0.308 e. The van der Waals surface area contributed by atoms with Crippen LogP contribution in [0.2, 0.25) is 0 Å². The molecular weight excluding hydrogens is 362 g/mol.